The second kappa shape index (κ2) is 5.89. The number of aliphatic hydroxyl groups excluding tert-OH is 1. The molecule has 2 rings (SSSR count). The highest BCUT2D eigenvalue weighted by atomic mass is 35.5. The van der Waals surface area contributed by atoms with Gasteiger partial charge in [-0.3, -0.25) is 0 Å². The van der Waals surface area contributed by atoms with Crippen LogP contribution in [0.5, 0.6) is 0 Å². The molecule has 5 heteroatoms. The molecular weight excluding hydrogens is 259 g/mol. The fraction of sp³-hybridized carbons (Fsp3) is 0.583. The van der Waals surface area contributed by atoms with Crippen molar-refractivity contribution in [1.82, 2.24) is 4.98 Å². The quantitative estimate of drug-likeness (QED) is 0.921. The van der Waals surface area contributed by atoms with Crippen molar-refractivity contribution in [2.75, 3.05) is 24.6 Å². The topological polar surface area (TPSA) is 36.4 Å². The van der Waals surface area contributed by atoms with E-state index in [0.717, 1.165) is 31.7 Å². The van der Waals surface area contributed by atoms with Gasteiger partial charge < -0.3 is 10.0 Å². The van der Waals surface area contributed by atoms with Crippen LogP contribution in [-0.2, 0) is 0 Å². The van der Waals surface area contributed by atoms with E-state index in [9.17, 15) is 0 Å². The lowest BCUT2D eigenvalue weighted by Crippen LogP contribution is -2.36. The second-order valence-electron chi connectivity index (χ2n) is 4.43. The Hall–Kier alpha value is -0.510. The van der Waals surface area contributed by atoms with Gasteiger partial charge in [0.15, 0.2) is 0 Å². The highest BCUT2D eigenvalue weighted by Crippen LogP contribution is 2.30. The molecule has 0 spiro atoms. The maximum atomic E-state index is 8.99. The van der Waals surface area contributed by atoms with Gasteiger partial charge in [0.1, 0.15) is 5.82 Å². The molecule has 1 saturated heterocycles. The molecular formula is C12H16Cl2N2O. The largest absolute Gasteiger partial charge is 0.396 e. The normalized spacial score (nSPS) is 20.6. The molecule has 17 heavy (non-hydrogen) atoms. The SMILES string of the molecule is OCCC1CCCN(c2ncc(Cl)cc2Cl)C1. The number of rotatable bonds is 3. The number of aliphatic hydroxyl groups is 1. The zero-order chi connectivity index (χ0) is 12.3. The lowest BCUT2D eigenvalue weighted by molar-refractivity contribution is 0.244. The van der Waals surface area contributed by atoms with Crippen molar-refractivity contribution in [2.45, 2.75) is 19.3 Å². The van der Waals surface area contributed by atoms with Gasteiger partial charge in [0, 0.05) is 25.9 Å². The molecule has 1 atom stereocenters. The van der Waals surface area contributed by atoms with E-state index in [1.807, 2.05) is 0 Å². The average molecular weight is 275 g/mol. The number of nitrogens with zero attached hydrogens (tertiary/aromatic N) is 2. The summed E-state index contributed by atoms with van der Waals surface area (Å²) in [6.07, 6.45) is 4.76. The van der Waals surface area contributed by atoms with Crippen LogP contribution in [0, 0.1) is 5.92 Å². The molecule has 0 amide bonds. The van der Waals surface area contributed by atoms with Crippen LogP contribution in [-0.4, -0.2) is 29.8 Å². The van der Waals surface area contributed by atoms with Gasteiger partial charge in [-0.25, -0.2) is 4.98 Å². The molecule has 1 unspecified atom stereocenters. The molecule has 2 heterocycles. The zero-order valence-corrected chi connectivity index (χ0v) is 11.1. The molecule has 1 aliphatic rings. The molecule has 1 aliphatic heterocycles. The lowest BCUT2D eigenvalue weighted by atomic mass is 9.95. The maximum absolute atomic E-state index is 8.99. The molecule has 0 aromatic carbocycles. The third kappa shape index (κ3) is 3.24. The van der Waals surface area contributed by atoms with E-state index in [4.69, 9.17) is 28.3 Å². The molecule has 0 bridgehead atoms. The fourth-order valence-corrected chi connectivity index (χ4v) is 2.82. The van der Waals surface area contributed by atoms with Gasteiger partial charge in [-0.2, -0.15) is 0 Å². The summed E-state index contributed by atoms with van der Waals surface area (Å²) < 4.78 is 0. The van der Waals surface area contributed by atoms with E-state index in [1.165, 1.54) is 6.42 Å². The number of hydrogen-bond acceptors (Lipinski definition) is 3. The summed E-state index contributed by atoms with van der Waals surface area (Å²) in [4.78, 5) is 6.48. The van der Waals surface area contributed by atoms with Crippen LogP contribution >= 0.6 is 23.2 Å². The summed E-state index contributed by atoms with van der Waals surface area (Å²) in [5.74, 6) is 1.33. The van der Waals surface area contributed by atoms with Crippen LogP contribution in [0.25, 0.3) is 0 Å². The van der Waals surface area contributed by atoms with Gasteiger partial charge >= 0.3 is 0 Å². The smallest absolute Gasteiger partial charge is 0.147 e. The van der Waals surface area contributed by atoms with Crippen LogP contribution in [0.3, 0.4) is 0 Å². The number of piperidine rings is 1. The fourth-order valence-electron chi connectivity index (χ4n) is 2.32. The first-order valence-electron chi connectivity index (χ1n) is 5.87. The van der Waals surface area contributed by atoms with Crippen LogP contribution < -0.4 is 4.90 Å². The van der Waals surface area contributed by atoms with Crippen LogP contribution in [0.2, 0.25) is 10.0 Å². The zero-order valence-electron chi connectivity index (χ0n) is 9.57. The number of pyridine rings is 1. The summed E-state index contributed by atoms with van der Waals surface area (Å²) in [7, 11) is 0. The van der Waals surface area contributed by atoms with Crippen LogP contribution in [0.1, 0.15) is 19.3 Å². The Labute approximate surface area is 111 Å². The first kappa shape index (κ1) is 12.9. The molecule has 0 aliphatic carbocycles. The highest BCUT2D eigenvalue weighted by Gasteiger charge is 2.22. The molecule has 1 fully saturated rings. The molecule has 1 N–H and O–H groups in total. The van der Waals surface area contributed by atoms with E-state index in [2.05, 4.69) is 9.88 Å². The third-order valence-electron chi connectivity index (χ3n) is 3.14. The van der Waals surface area contributed by atoms with Gasteiger partial charge in [-0.15, -0.1) is 0 Å². The Bertz CT molecular complexity index is 385. The Morgan fingerprint density at radius 1 is 1.47 bits per heavy atom. The van der Waals surface area contributed by atoms with Gasteiger partial charge in [0.2, 0.25) is 0 Å². The molecule has 94 valence electrons. The van der Waals surface area contributed by atoms with E-state index in [0.29, 0.717) is 16.0 Å². The minimum Gasteiger partial charge on any atom is -0.396 e. The number of hydrogen-bond donors (Lipinski definition) is 1. The van der Waals surface area contributed by atoms with E-state index >= 15 is 0 Å². The summed E-state index contributed by atoms with van der Waals surface area (Å²) in [6, 6.07) is 1.72. The monoisotopic (exact) mass is 274 g/mol. The number of halogens is 2. The predicted molar refractivity (Wildman–Crippen MR) is 70.9 cm³/mol. The van der Waals surface area contributed by atoms with Crippen molar-refractivity contribution in [2.24, 2.45) is 5.92 Å². The maximum Gasteiger partial charge on any atom is 0.147 e. The Balaban J connectivity index is 2.10. The van der Waals surface area contributed by atoms with Crippen molar-refractivity contribution in [3.63, 3.8) is 0 Å². The van der Waals surface area contributed by atoms with E-state index in [1.54, 1.807) is 12.3 Å². The average Bonchev–Trinajstić information content (AvgIpc) is 2.29. The van der Waals surface area contributed by atoms with Gasteiger partial charge in [-0.1, -0.05) is 23.2 Å². The molecule has 1 aromatic heterocycles. The lowest BCUT2D eigenvalue weighted by Gasteiger charge is -2.33. The second-order valence-corrected chi connectivity index (χ2v) is 5.27. The predicted octanol–water partition coefficient (Wildman–Crippen LogP) is 2.99. The molecule has 1 aromatic rings. The van der Waals surface area contributed by atoms with E-state index in [-0.39, 0.29) is 6.61 Å². The number of anilines is 1. The van der Waals surface area contributed by atoms with Crippen LogP contribution in [0.15, 0.2) is 12.3 Å². The molecule has 0 saturated carbocycles. The van der Waals surface area contributed by atoms with Crippen LogP contribution in [0.4, 0.5) is 5.82 Å². The molecule has 0 radical (unpaired) electrons. The first-order chi connectivity index (χ1) is 8.20. The van der Waals surface area contributed by atoms with Crippen molar-refractivity contribution in [3.8, 4) is 0 Å². The van der Waals surface area contributed by atoms with Crippen molar-refractivity contribution in [1.29, 1.82) is 0 Å². The minimum absolute atomic E-state index is 0.250. The van der Waals surface area contributed by atoms with Crippen molar-refractivity contribution >= 4 is 29.0 Å². The Morgan fingerprint density at radius 2 is 2.29 bits per heavy atom. The number of aromatic nitrogens is 1. The summed E-state index contributed by atoms with van der Waals surface area (Å²) in [5, 5.41) is 10.1. The summed E-state index contributed by atoms with van der Waals surface area (Å²) >= 11 is 12.0. The standard InChI is InChI=1S/C12H16Cl2N2O/c13-10-6-11(14)12(15-7-10)16-4-1-2-9(8-16)3-5-17/h6-7,9,17H,1-5,8H2. The third-order valence-corrected chi connectivity index (χ3v) is 3.63. The van der Waals surface area contributed by atoms with Crippen molar-refractivity contribution < 1.29 is 5.11 Å². The molecule has 3 nitrogen and oxygen atoms in total. The Morgan fingerprint density at radius 3 is 3.00 bits per heavy atom. The van der Waals surface area contributed by atoms with Gasteiger partial charge in [0.05, 0.1) is 10.0 Å². The first-order valence-corrected chi connectivity index (χ1v) is 6.63. The van der Waals surface area contributed by atoms with Gasteiger partial charge in [-0.05, 0) is 31.2 Å². The van der Waals surface area contributed by atoms with E-state index < -0.39 is 0 Å². The Kier molecular flexibility index (Phi) is 4.48. The minimum atomic E-state index is 0.250. The highest BCUT2D eigenvalue weighted by molar-refractivity contribution is 6.36. The van der Waals surface area contributed by atoms with Crippen molar-refractivity contribution in [3.05, 3.63) is 22.3 Å². The summed E-state index contributed by atoms with van der Waals surface area (Å²) in [6.45, 7) is 2.13. The van der Waals surface area contributed by atoms with Gasteiger partial charge in [0.25, 0.3) is 0 Å². The summed E-state index contributed by atoms with van der Waals surface area (Å²) in [5.41, 5.74) is 0.